The summed E-state index contributed by atoms with van der Waals surface area (Å²) in [5, 5.41) is 8.84. The van der Waals surface area contributed by atoms with E-state index in [0.717, 1.165) is 0 Å². The summed E-state index contributed by atoms with van der Waals surface area (Å²) in [7, 11) is -3.87. The first-order valence-electron chi connectivity index (χ1n) is 6.48. The standard InChI is InChI=1S/C14H19NO5S/c1-9(2)13(8-14(17)18)15-21(19,20)12-6-4-5-11(7-12)10(3)16/h4-7,9,13,15H,8H2,1-3H3,(H,17,18). The summed E-state index contributed by atoms with van der Waals surface area (Å²) in [5.41, 5.74) is 0.289. The second kappa shape index (κ2) is 6.82. The van der Waals surface area contributed by atoms with Gasteiger partial charge in [0, 0.05) is 11.6 Å². The molecule has 1 aromatic rings. The van der Waals surface area contributed by atoms with Gasteiger partial charge >= 0.3 is 5.97 Å². The number of nitrogens with one attached hydrogen (secondary N) is 1. The average Bonchev–Trinajstić information content (AvgIpc) is 2.37. The van der Waals surface area contributed by atoms with Crippen molar-refractivity contribution in [2.45, 2.75) is 38.1 Å². The molecule has 0 aliphatic rings. The molecule has 0 aliphatic heterocycles. The van der Waals surface area contributed by atoms with Crippen molar-refractivity contribution in [2.75, 3.05) is 0 Å². The van der Waals surface area contributed by atoms with Crippen LogP contribution in [0.25, 0.3) is 0 Å². The van der Waals surface area contributed by atoms with Gasteiger partial charge in [-0.1, -0.05) is 26.0 Å². The highest BCUT2D eigenvalue weighted by atomic mass is 32.2. The molecule has 0 bridgehead atoms. The van der Waals surface area contributed by atoms with Crippen molar-refractivity contribution in [3.63, 3.8) is 0 Å². The molecule has 1 aromatic carbocycles. The number of hydrogen-bond donors (Lipinski definition) is 2. The van der Waals surface area contributed by atoms with Crippen molar-refractivity contribution >= 4 is 21.8 Å². The van der Waals surface area contributed by atoms with Crippen LogP contribution in [-0.2, 0) is 14.8 Å². The van der Waals surface area contributed by atoms with E-state index in [-0.39, 0.29) is 28.6 Å². The molecule has 0 amide bonds. The SMILES string of the molecule is CC(=O)c1cccc(S(=O)(=O)NC(CC(=O)O)C(C)C)c1. The topological polar surface area (TPSA) is 101 Å². The van der Waals surface area contributed by atoms with E-state index in [2.05, 4.69) is 4.72 Å². The molecule has 0 heterocycles. The van der Waals surface area contributed by atoms with Gasteiger partial charge in [0.1, 0.15) is 0 Å². The Kier molecular flexibility index (Phi) is 5.62. The molecule has 0 fully saturated rings. The molecule has 0 spiro atoms. The molecular formula is C14H19NO5S. The zero-order valence-electron chi connectivity index (χ0n) is 12.2. The normalized spacial score (nSPS) is 13.1. The Morgan fingerprint density at radius 1 is 1.29 bits per heavy atom. The van der Waals surface area contributed by atoms with Crippen molar-refractivity contribution < 1.29 is 23.1 Å². The maximum atomic E-state index is 12.3. The van der Waals surface area contributed by atoms with Crippen LogP contribution in [-0.4, -0.2) is 31.3 Å². The summed E-state index contributed by atoms with van der Waals surface area (Å²) in [6, 6.07) is 4.94. The molecule has 21 heavy (non-hydrogen) atoms. The van der Waals surface area contributed by atoms with Gasteiger partial charge in [-0.05, 0) is 25.0 Å². The molecule has 0 radical (unpaired) electrons. The molecule has 1 rings (SSSR count). The number of carbonyl (C=O) groups is 2. The smallest absolute Gasteiger partial charge is 0.304 e. The Labute approximate surface area is 124 Å². The summed E-state index contributed by atoms with van der Waals surface area (Å²) in [6.07, 6.45) is -0.302. The van der Waals surface area contributed by atoms with Gasteiger partial charge in [-0.25, -0.2) is 13.1 Å². The van der Waals surface area contributed by atoms with E-state index in [9.17, 15) is 18.0 Å². The Morgan fingerprint density at radius 2 is 1.90 bits per heavy atom. The zero-order valence-corrected chi connectivity index (χ0v) is 13.0. The van der Waals surface area contributed by atoms with Gasteiger partial charge in [0.05, 0.1) is 11.3 Å². The first-order valence-corrected chi connectivity index (χ1v) is 7.97. The highest BCUT2D eigenvalue weighted by Crippen LogP contribution is 2.15. The fraction of sp³-hybridized carbons (Fsp3) is 0.429. The largest absolute Gasteiger partial charge is 0.481 e. The second-order valence-corrected chi connectivity index (χ2v) is 6.87. The van der Waals surface area contributed by atoms with Gasteiger partial charge in [0.25, 0.3) is 0 Å². The number of hydrogen-bond acceptors (Lipinski definition) is 4. The molecule has 7 heteroatoms. The number of ketones is 1. The molecule has 2 N–H and O–H groups in total. The molecule has 1 atom stereocenters. The van der Waals surface area contributed by atoms with E-state index in [0.29, 0.717) is 0 Å². The number of carboxylic acid groups (broad SMARTS) is 1. The van der Waals surface area contributed by atoms with Crippen LogP contribution in [0.3, 0.4) is 0 Å². The quantitative estimate of drug-likeness (QED) is 0.746. The maximum absolute atomic E-state index is 12.3. The minimum absolute atomic E-state index is 0.0498. The Balaban J connectivity index is 3.07. The minimum Gasteiger partial charge on any atom is -0.481 e. The third-order valence-electron chi connectivity index (χ3n) is 3.06. The summed E-state index contributed by atoms with van der Waals surface area (Å²) in [5.74, 6) is -1.49. The van der Waals surface area contributed by atoms with Crippen LogP contribution < -0.4 is 4.72 Å². The van der Waals surface area contributed by atoms with Crippen molar-refractivity contribution in [3.05, 3.63) is 29.8 Å². The molecule has 0 aromatic heterocycles. The number of aliphatic carboxylic acids is 1. The Morgan fingerprint density at radius 3 is 2.38 bits per heavy atom. The predicted molar refractivity (Wildman–Crippen MR) is 77.6 cm³/mol. The minimum atomic E-state index is -3.87. The van der Waals surface area contributed by atoms with E-state index in [1.54, 1.807) is 13.8 Å². The van der Waals surface area contributed by atoms with Crippen LogP contribution in [0.15, 0.2) is 29.2 Å². The van der Waals surface area contributed by atoms with Crippen molar-refractivity contribution in [2.24, 2.45) is 5.92 Å². The van der Waals surface area contributed by atoms with E-state index in [1.165, 1.54) is 31.2 Å². The van der Waals surface area contributed by atoms with E-state index < -0.39 is 22.0 Å². The third-order valence-corrected chi connectivity index (χ3v) is 4.54. The lowest BCUT2D eigenvalue weighted by Crippen LogP contribution is -2.40. The number of carboxylic acids is 1. The molecule has 1 unspecified atom stereocenters. The van der Waals surface area contributed by atoms with Crippen LogP contribution in [0, 0.1) is 5.92 Å². The average molecular weight is 313 g/mol. The first kappa shape index (κ1) is 17.3. The van der Waals surface area contributed by atoms with E-state index in [1.807, 2.05) is 0 Å². The fourth-order valence-corrected chi connectivity index (χ4v) is 3.18. The Hall–Kier alpha value is -1.73. The molecule has 116 valence electrons. The summed E-state index contributed by atoms with van der Waals surface area (Å²) in [4.78, 5) is 22.1. The van der Waals surface area contributed by atoms with Crippen molar-refractivity contribution in [3.8, 4) is 0 Å². The summed E-state index contributed by atoms with van der Waals surface area (Å²) < 4.78 is 27.0. The first-order chi connectivity index (χ1) is 9.63. The zero-order chi connectivity index (χ0) is 16.2. The van der Waals surface area contributed by atoms with E-state index in [4.69, 9.17) is 5.11 Å². The number of benzene rings is 1. The Bertz CT molecular complexity index is 637. The van der Waals surface area contributed by atoms with Crippen LogP contribution in [0.1, 0.15) is 37.6 Å². The number of carbonyl (C=O) groups excluding carboxylic acids is 1. The lowest BCUT2D eigenvalue weighted by molar-refractivity contribution is -0.137. The predicted octanol–water partition coefficient (Wildman–Crippen LogP) is 1.67. The number of sulfonamides is 1. The van der Waals surface area contributed by atoms with Crippen LogP contribution >= 0.6 is 0 Å². The molecule has 0 saturated heterocycles. The van der Waals surface area contributed by atoms with Crippen LogP contribution in [0.2, 0.25) is 0 Å². The maximum Gasteiger partial charge on any atom is 0.304 e. The molecule has 6 nitrogen and oxygen atoms in total. The van der Waals surface area contributed by atoms with Crippen molar-refractivity contribution in [1.29, 1.82) is 0 Å². The fourth-order valence-electron chi connectivity index (χ4n) is 1.75. The number of rotatable bonds is 7. The van der Waals surface area contributed by atoms with Gasteiger partial charge in [-0.3, -0.25) is 9.59 Å². The molecule has 0 aliphatic carbocycles. The molecule has 0 saturated carbocycles. The highest BCUT2D eigenvalue weighted by molar-refractivity contribution is 7.89. The summed E-state index contributed by atoms with van der Waals surface area (Å²) in [6.45, 7) is 4.82. The lowest BCUT2D eigenvalue weighted by atomic mass is 10.0. The van der Waals surface area contributed by atoms with Gasteiger partial charge in [-0.15, -0.1) is 0 Å². The van der Waals surface area contributed by atoms with Gasteiger partial charge in [0.15, 0.2) is 5.78 Å². The highest BCUT2D eigenvalue weighted by Gasteiger charge is 2.24. The third kappa shape index (κ3) is 4.95. The monoisotopic (exact) mass is 313 g/mol. The lowest BCUT2D eigenvalue weighted by Gasteiger charge is -2.20. The van der Waals surface area contributed by atoms with Gasteiger partial charge < -0.3 is 5.11 Å². The second-order valence-electron chi connectivity index (χ2n) is 5.15. The van der Waals surface area contributed by atoms with Crippen molar-refractivity contribution in [1.82, 2.24) is 4.72 Å². The van der Waals surface area contributed by atoms with Gasteiger partial charge in [-0.2, -0.15) is 0 Å². The van der Waals surface area contributed by atoms with E-state index >= 15 is 0 Å². The van der Waals surface area contributed by atoms with Gasteiger partial charge in [0.2, 0.25) is 10.0 Å². The number of Topliss-reactive ketones (excluding diaryl/α,β-unsaturated/α-hetero) is 1. The molecular weight excluding hydrogens is 294 g/mol. The van der Waals surface area contributed by atoms with Crippen LogP contribution in [0.5, 0.6) is 0 Å². The summed E-state index contributed by atoms with van der Waals surface area (Å²) >= 11 is 0. The van der Waals surface area contributed by atoms with Crippen LogP contribution in [0.4, 0.5) is 0 Å².